The highest BCUT2D eigenvalue weighted by atomic mass is 16.5. The third kappa shape index (κ3) is 2.60. The lowest BCUT2D eigenvalue weighted by Crippen LogP contribution is -2.30. The Bertz CT molecular complexity index is 890. The van der Waals surface area contributed by atoms with Crippen LogP contribution >= 0.6 is 0 Å². The van der Waals surface area contributed by atoms with Crippen molar-refractivity contribution in [2.45, 2.75) is 18.4 Å². The van der Waals surface area contributed by atoms with Gasteiger partial charge in [0.15, 0.2) is 0 Å². The number of anilines is 1. The summed E-state index contributed by atoms with van der Waals surface area (Å²) in [5.41, 5.74) is 3.20. The molecule has 1 N–H and O–H groups in total. The van der Waals surface area contributed by atoms with Gasteiger partial charge in [0.1, 0.15) is 11.5 Å². The molecule has 0 bridgehead atoms. The topological polar surface area (TPSA) is 70.6 Å². The van der Waals surface area contributed by atoms with Crippen LogP contribution in [-0.2, 0) is 0 Å². The summed E-state index contributed by atoms with van der Waals surface area (Å²) in [6.45, 7) is 0. The fraction of sp³-hybridized carbons (Fsp3) is 0.286. The minimum absolute atomic E-state index is 0.0429. The number of ether oxygens (including phenoxy) is 2. The number of nitrogens with one attached hydrogen (secondary N) is 1. The van der Waals surface area contributed by atoms with Crippen LogP contribution in [0.15, 0.2) is 48.6 Å². The average molecular weight is 350 g/mol. The van der Waals surface area contributed by atoms with Crippen LogP contribution in [0, 0.1) is 5.92 Å². The van der Waals surface area contributed by atoms with E-state index in [1.165, 1.54) is 0 Å². The monoisotopic (exact) mass is 350 g/mol. The summed E-state index contributed by atoms with van der Waals surface area (Å²) in [7, 11) is 3.31. The number of carbonyl (C=O) groups is 1. The van der Waals surface area contributed by atoms with E-state index in [2.05, 4.69) is 17.5 Å². The number of allylic oxidation sites excluding steroid dienone is 2. The first kappa shape index (κ1) is 16.5. The van der Waals surface area contributed by atoms with Crippen molar-refractivity contribution in [2.24, 2.45) is 5.92 Å². The number of carboxylic acids is 1. The molecule has 1 aliphatic carbocycles. The summed E-state index contributed by atoms with van der Waals surface area (Å²) in [6, 6.07) is 11.0. The lowest BCUT2D eigenvalue weighted by Gasteiger charge is -2.38. The SMILES string of the molecule is COc1ccc(OC)c([C@@H]2Nc3ccc(C(=O)[O-])cc3[C@H]3C=CC[C@@H]32)c1. The van der Waals surface area contributed by atoms with E-state index < -0.39 is 5.97 Å². The van der Waals surface area contributed by atoms with Crippen LogP contribution in [0.3, 0.4) is 0 Å². The molecule has 134 valence electrons. The molecule has 2 aromatic carbocycles. The lowest BCUT2D eigenvalue weighted by atomic mass is 9.76. The Morgan fingerprint density at radius 1 is 1.12 bits per heavy atom. The molecule has 1 aliphatic heterocycles. The molecule has 0 saturated heterocycles. The van der Waals surface area contributed by atoms with Gasteiger partial charge in [-0.2, -0.15) is 0 Å². The van der Waals surface area contributed by atoms with Crippen LogP contribution in [0.4, 0.5) is 5.69 Å². The molecule has 2 aliphatic rings. The second-order valence-corrected chi connectivity index (χ2v) is 6.67. The van der Waals surface area contributed by atoms with Crippen molar-refractivity contribution >= 4 is 11.7 Å². The van der Waals surface area contributed by atoms with Crippen LogP contribution in [0.5, 0.6) is 11.5 Å². The number of fused-ring (bicyclic) bond motifs is 3. The van der Waals surface area contributed by atoms with Gasteiger partial charge in [-0.05, 0) is 53.8 Å². The minimum atomic E-state index is -1.15. The van der Waals surface area contributed by atoms with Gasteiger partial charge in [-0.15, -0.1) is 0 Å². The molecule has 0 spiro atoms. The van der Waals surface area contributed by atoms with Gasteiger partial charge < -0.3 is 24.7 Å². The fourth-order valence-electron chi connectivity index (χ4n) is 4.11. The molecule has 1 heterocycles. The van der Waals surface area contributed by atoms with Crippen molar-refractivity contribution in [3.05, 3.63) is 65.2 Å². The maximum absolute atomic E-state index is 11.2. The predicted molar refractivity (Wildman–Crippen MR) is 96.7 cm³/mol. The molecule has 0 fully saturated rings. The largest absolute Gasteiger partial charge is 0.545 e. The first-order valence-corrected chi connectivity index (χ1v) is 8.62. The first-order chi connectivity index (χ1) is 12.6. The van der Waals surface area contributed by atoms with Gasteiger partial charge >= 0.3 is 0 Å². The molecule has 0 radical (unpaired) electrons. The van der Waals surface area contributed by atoms with Gasteiger partial charge in [-0.3, -0.25) is 0 Å². The third-order valence-electron chi connectivity index (χ3n) is 5.37. The summed E-state index contributed by atoms with van der Waals surface area (Å²) < 4.78 is 11.0. The van der Waals surface area contributed by atoms with Crippen molar-refractivity contribution in [3.63, 3.8) is 0 Å². The maximum atomic E-state index is 11.2. The second-order valence-electron chi connectivity index (χ2n) is 6.67. The van der Waals surface area contributed by atoms with E-state index >= 15 is 0 Å². The highest BCUT2D eigenvalue weighted by Crippen LogP contribution is 2.51. The molecule has 0 aromatic heterocycles. The Labute approximate surface area is 152 Å². The van der Waals surface area contributed by atoms with Gasteiger partial charge in [0.25, 0.3) is 0 Å². The normalized spacial score (nSPS) is 22.9. The first-order valence-electron chi connectivity index (χ1n) is 8.62. The average Bonchev–Trinajstić information content (AvgIpc) is 3.16. The Hall–Kier alpha value is -2.95. The number of hydrogen-bond donors (Lipinski definition) is 1. The van der Waals surface area contributed by atoms with E-state index in [4.69, 9.17) is 9.47 Å². The zero-order chi connectivity index (χ0) is 18.3. The molecular weight excluding hydrogens is 330 g/mol. The smallest absolute Gasteiger partial charge is 0.124 e. The highest BCUT2D eigenvalue weighted by Gasteiger charge is 2.39. The summed E-state index contributed by atoms with van der Waals surface area (Å²) in [4.78, 5) is 11.2. The van der Waals surface area contributed by atoms with Crippen molar-refractivity contribution in [1.29, 1.82) is 0 Å². The molecule has 4 rings (SSSR count). The number of aromatic carboxylic acids is 1. The molecule has 2 aromatic rings. The van der Waals surface area contributed by atoms with Crippen LogP contribution in [0.1, 0.15) is 39.9 Å². The van der Waals surface area contributed by atoms with Gasteiger partial charge in [-0.1, -0.05) is 18.2 Å². The zero-order valence-corrected chi connectivity index (χ0v) is 14.7. The van der Waals surface area contributed by atoms with Crippen LogP contribution < -0.4 is 19.9 Å². The van der Waals surface area contributed by atoms with E-state index in [1.54, 1.807) is 26.4 Å². The van der Waals surface area contributed by atoms with Crippen LogP contribution in [-0.4, -0.2) is 20.2 Å². The number of hydrogen-bond acceptors (Lipinski definition) is 5. The highest BCUT2D eigenvalue weighted by molar-refractivity contribution is 5.87. The van der Waals surface area contributed by atoms with E-state index in [1.807, 2.05) is 24.3 Å². The lowest BCUT2D eigenvalue weighted by molar-refractivity contribution is -0.255. The molecule has 3 atom stereocenters. The Kier molecular flexibility index (Phi) is 4.07. The molecule has 5 nitrogen and oxygen atoms in total. The standard InChI is InChI=1S/C21H21NO4/c1-25-13-7-9-19(26-2)17(11-13)20-15-5-3-4-14(15)16-10-12(21(23)24)6-8-18(16)22-20/h3-4,6-11,14-15,20,22H,5H2,1-2H3,(H,23,24)/p-1/t14-,15-,20+/m0/s1. The summed E-state index contributed by atoms with van der Waals surface area (Å²) in [5.74, 6) is 0.877. The van der Waals surface area contributed by atoms with Crippen molar-refractivity contribution in [1.82, 2.24) is 0 Å². The zero-order valence-electron chi connectivity index (χ0n) is 14.7. The molecule has 0 saturated carbocycles. The number of carbonyl (C=O) groups excluding carboxylic acids is 1. The second kappa shape index (κ2) is 6.41. The quantitative estimate of drug-likeness (QED) is 0.859. The number of benzene rings is 2. The maximum Gasteiger partial charge on any atom is 0.124 e. The minimum Gasteiger partial charge on any atom is -0.545 e. The summed E-state index contributed by atoms with van der Waals surface area (Å²) in [6.07, 6.45) is 5.25. The molecule has 0 unspecified atom stereocenters. The van der Waals surface area contributed by atoms with E-state index in [9.17, 15) is 9.90 Å². The number of rotatable bonds is 4. The molecule has 0 amide bonds. The van der Waals surface area contributed by atoms with Crippen LogP contribution in [0.25, 0.3) is 0 Å². The summed E-state index contributed by atoms with van der Waals surface area (Å²) in [5, 5.41) is 14.8. The molecule has 26 heavy (non-hydrogen) atoms. The Balaban J connectivity index is 1.80. The third-order valence-corrected chi connectivity index (χ3v) is 5.37. The van der Waals surface area contributed by atoms with E-state index in [-0.39, 0.29) is 23.4 Å². The number of carboxylic acid groups (broad SMARTS) is 1. The van der Waals surface area contributed by atoms with Crippen molar-refractivity contribution in [3.8, 4) is 11.5 Å². The van der Waals surface area contributed by atoms with Crippen molar-refractivity contribution in [2.75, 3.05) is 19.5 Å². The Morgan fingerprint density at radius 3 is 2.69 bits per heavy atom. The van der Waals surface area contributed by atoms with Gasteiger partial charge in [0, 0.05) is 17.2 Å². The van der Waals surface area contributed by atoms with Crippen LogP contribution in [0.2, 0.25) is 0 Å². The van der Waals surface area contributed by atoms with Gasteiger partial charge in [0.2, 0.25) is 0 Å². The fourth-order valence-corrected chi connectivity index (χ4v) is 4.11. The number of methoxy groups -OCH3 is 2. The van der Waals surface area contributed by atoms with E-state index in [0.717, 1.165) is 34.7 Å². The predicted octanol–water partition coefficient (Wildman–Crippen LogP) is 2.89. The van der Waals surface area contributed by atoms with E-state index in [0.29, 0.717) is 0 Å². The molecular formula is C21H20NO4-. The summed E-state index contributed by atoms with van der Waals surface area (Å²) >= 11 is 0. The van der Waals surface area contributed by atoms with Crippen molar-refractivity contribution < 1.29 is 19.4 Å². The molecule has 5 heteroatoms. The van der Waals surface area contributed by atoms with Gasteiger partial charge in [-0.25, -0.2) is 0 Å². The Morgan fingerprint density at radius 2 is 1.96 bits per heavy atom. The van der Waals surface area contributed by atoms with Gasteiger partial charge in [0.05, 0.1) is 26.2 Å².